The summed E-state index contributed by atoms with van der Waals surface area (Å²) in [7, 11) is 1.90. The number of aromatic nitrogens is 2. The van der Waals surface area contributed by atoms with Crippen molar-refractivity contribution in [3.63, 3.8) is 0 Å². The van der Waals surface area contributed by atoms with Gasteiger partial charge < -0.3 is 15.8 Å². The zero-order valence-corrected chi connectivity index (χ0v) is 14.9. The molecule has 0 aliphatic heterocycles. The Morgan fingerprint density at radius 1 is 1.23 bits per heavy atom. The molecule has 0 bridgehead atoms. The van der Waals surface area contributed by atoms with Gasteiger partial charge in [-0.05, 0) is 37.1 Å². The third kappa shape index (κ3) is 5.14. The van der Waals surface area contributed by atoms with Crippen molar-refractivity contribution >= 4 is 11.6 Å². The van der Waals surface area contributed by atoms with Crippen LogP contribution in [0.25, 0.3) is 0 Å². The molecule has 9 heteroatoms. The predicted octanol–water partition coefficient (Wildman–Crippen LogP) is 3.37. The number of nitrogens with two attached hydrogens (primary N) is 1. The smallest absolute Gasteiger partial charge is 0.406 e. The molecule has 0 atom stereocenters. The molecule has 2 aromatic rings. The molecule has 2 rings (SSSR count). The van der Waals surface area contributed by atoms with E-state index in [1.807, 2.05) is 18.7 Å². The number of rotatable bonds is 6. The minimum absolute atomic E-state index is 0.169. The van der Waals surface area contributed by atoms with Gasteiger partial charge in [0.1, 0.15) is 5.75 Å². The molecule has 0 amide bonds. The number of hydrogen-bond donors (Lipinski definition) is 2. The Balaban J connectivity index is 2.05. The van der Waals surface area contributed by atoms with E-state index in [1.54, 1.807) is 0 Å². The summed E-state index contributed by atoms with van der Waals surface area (Å²) in [5.41, 5.74) is 9.53. The molecule has 1 heterocycles. The van der Waals surface area contributed by atoms with E-state index in [9.17, 15) is 13.2 Å². The normalized spacial score (nSPS) is 12.3. The van der Waals surface area contributed by atoms with Crippen LogP contribution in [0.3, 0.4) is 0 Å². The standard InChI is InChI=1S/C17H22F3N5O/c1-4-14-13(15(5-2)25(3)24-14)10-22-16(21)23-11-6-8-12(9-7-11)26-17(18,19)20/h6-9H,4-5,10H2,1-3H3,(H3,21,22,23). The molecule has 0 fully saturated rings. The molecule has 1 aromatic heterocycles. The number of anilines is 1. The van der Waals surface area contributed by atoms with Crippen LogP contribution in [0.5, 0.6) is 5.75 Å². The second kappa shape index (κ2) is 8.11. The summed E-state index contributed by atoms with van der Waals surface area (Å²) in [4.78, 5) is 4.32. The lowest BCUT2D eigenvalue weighted by Crippen LogP contribution is -2.22. The first-order chi connectivity index (χ1) is 12.2. The summed E-state index contributed by atoms with van der Waals surface area (Å²) in [5.74, 6) is -0.128. The van der Waals surface area contributed by atoms with Gasteiger partial charge in [-0.3, -0.25) is 4.68 Å². The fourth-order valence-corrected chi connectivity index (χ4v) is 2.66. The van der Waals surface area contributed by atoms with Gasteiger partial charge in [-0.25, -0.2) is 4.99 Å². The van der Waals surface area contributed by atoms with Gasteiger partial charge in [0.05, 0.1) is 12.2 Å². The van der Waals surface area contributed by atoms with Crippen LogP contribution in [0.4, 0.5) is 18.9 Å². The van der Waals surface area contributed by atoms with Crippen molar-refractivity contribution in [3.05, 3.63) is 41.2 Å². The number of aliphatic imine (C=N–C) groups is 1. The first kappa shape index (κ1) is 19.6. The lowest BCUT2D eigenvalue weighted by molar-refractivity contribution is -0.274. The molecule has 0 saturated heterocycles. The summed E-state index contributed by atoms with van der Waals surface area (Å²) >= 11 is 0. The van der Waals surface area contributed by atoms with Crippen molar-refractivity contribution in [1.82, 2.24) is 9.78 Å². The molecule has 142 valence electrons. The lowest BCUT2D eigenvalue weighted by Gasteiger charge is -2.10. The van der Waals surface area contributed by atoms with Crippen LogP contribution in [0.15, 0.2) is 29.3 Å². The number of benzene rings is 1. The molecule has 0 unspecified atom stereocenters. The maximum absolute atomic E-state index is 12.2. The first-order valence-corrected chi connectivity index (χ1v) is 8.19. The van der Waals surface area contributed by atoms with Gasteiger partial charge >= 0.3 is 6.36 Å². The molecule has 0 aliphatic carbocycles. The highest BCUT2D eigenvalue weighted by atomic mass is 19.4. The van der Waals surface area contributed by atoms with Gasteiger partial charge in [-0.2, -0.15) is 5.10 Å². The van der Waals surface area contributed by atoms with Crippen molar-refractivity contribution in [1.29, 1.82) is 0 Å². The van der Waals surface area contributed by atoms with Gasteiger partial charge in [-0.15, -0.1) is 13.2 Å². The Kier molecular flexibility index (Phi) is 6.12. The molecule has 26 heavy (non-hydrogen) atoms. The Labute approximate surface area is 149 Å². The van der Waals surface area contributed by atoms with Gasteiger partial charge in [0.2, 0.25) is 0 Å². The van der Waals surface area contributed by atoms with Crippen LogP contribution >= 0.6 is 0 Å². The van der Waals surface area contributed by atoms with Crippen LogP contribution < -0.4 is 15.8 Å². The van der Waals surface area contributed by atoms with Gasteiger partial charge in [0.25, 0.3) is 0 Å². The summed E-state index contributed by atoms with van der Waals surface area (Å²) < 4.78 is 42.1. The Morgan fingerprint density at radius 3 is 2.42 bits per heavy atom. The van der Waals surface area contributed by atoms with E-state index >= 15 is 0 Å². The second-order valence-electron chi connectivity index (χ2n) is 5.60. The monoisotopic (exact) mass is 369 g/mol. The van der Waals surface area contributed by atoms with E-state index in [1.165, 1.54) is 24.3 Å². The van der Waals surface area contributed by atoms with E-state index in [4.69, 9.17) is 5.73 Å². The highest BCUT2D eigenvalue weighted by Crippen LogP contribution is 2.24. The number of nitrogens with one attached hydrogen (secondary N) is 1. The third-order valence-electron chi connectivity index (χ3n) is 3.80. The topological polar surface area (TPSA) is 77.5 Å². The van der Waals surface area contributed by atoms with E-state index in [-0.39, 0.29) is 11.7 Å². The molecule has 6 nitrogen and oxygen atoms in total. The summed E-state index contributed by atoms with van der Waals surface area (Å²) in [6.07, 6.45) is -3.08. The van der Waals surface area contributed by atoms with E-state index in [0.717, 1.165) is 29.8 Å². The minimum atomic E-state index is -4.72. The van der Waals surface area contributed by atoms with Crippen LogP contribution in [-0.4, -0.2) is 22.1 Å². The number of halogens is 3. The van der Waals surface area contributed by atoms with Crippen LogP contribution in [-0.2, 0) is 26.4 Å². The number of hydrogen-bond acceptors (Lipinski definition) is 3. The van der Waals surface area contributed by atoms with E-state index < -0.39 is 6.36 Å². The highest BCUT2D eigenvalue weighted by molar-refractivity contribution is 5.92. The third-order valence-corrected chi connectivity index (χ3v) is 3.80. The molecule has 3 N–H and O–H groups in total. The van der Waals surface area contributed by atoms with E-state index in [0.29, 0.717) is 12.2 Å². The van der Waals surface area contributed by atoms with Crippen molar-refractivity contribution in [2.24, 2.45) is 17.8 Å². The largest absolute Gasteiger partial charge is 0.573 e. The van der Waals surface area contributed by atoms with Gasteiger partial charge in [-0.1, -0.05) is 13.8 Å². The molecule has 0 aliphatic rings. The van der Waals surface area contributed by atoms with Crippen LogP contribution in [0.2, 0.25) is 0 Å². The van der Waals surface area contributed by atoms with Gasteiger partial charge in [0.15, 0.2) is 5.96 Å². The number of aryl methyl sites for hydroxylation is 2. The van der Waals surface area contributed by atoms with E-state index in [2.05, 4.69) is 27.1 Å². The molecular weight excluding hydrogens is 347 g/mol. The van der Waals surface area contributed by atoms with Crippen LogP contribution in [0, 0.1) is 0 Å². The number of ether oxygens (including phenoxy) is 1. The summed E-state index contributed by atoms with van der Waals surface area (Å²) in [5, 5.41) is 7.33. The molecule has 1 aromatic carbocycles. The second-order valence-corrected chi connectivity index (χ2v) is 5.60. The predicted molar refractivity (Wildman–Crippen MR) is 94.0 cm³/mol. The number of alkyl halides is 3. The summed E-state index contributed by atoms with van der Waals surface area (Å²) in [6.45, 7) is 4.46. The van der Waals surface area contributed by atoms with Crippen molar-refractivity contribution in [2.75, 3.05) is 5.32 Å². The maximum atomic E-state index is 12.2. The molecular formula is C17H22F3N5O. The summed E-state index contributed by atoms with van der Waals surface area (Å²) in [6, 6.07) is 5.27. The fourth-order valence-electron chi connectivity index (χ4n) is 2.66. The lowest BCUT2D eigenvalue weighted by atomic mass is 10.1. The Morgan fingerprint density at radius 2 is 1.88 bits per heavy atom. The average Bonchev–Trinajstić information content (AvgIpc) is 2.88. The molecule has 0 saturated carbocycles. The number of nitrogens with zero attached hydrogens (tertiary/aromatic N) is 3. The molecule has 0 spiro atoms. The fraction of sp³-hybridized carbons (Fsp3) is 0.412. The maximum Gasteiger partial charge on any atom is 0.573 e. The molecule has 0 radical (unpaired) electrons. The Bertz CT molecular complexity index is 766. The van der Waals surface area contributed by atoms with Crippen molar-refractivity contribution < 1.29 is 17.9 Å². The van der Waals surface area contributed by atoms with Crippen LogP contribution in [0.1, 0.15) is 30.8 Å². The average molecular weight is 369 g/mol. The van der Waals surface area contributed by atoms with Gasteiger partial charge in [0, 0.05) is 24.0 Å². The van der Waals surface area contributed by atoms with Crippen molar-refractivity contribution in [2.45, 2.75) is 39.6 Å². The van der Waals surface area contributed by atoms with Crippen molar-refractivity contribution in [3.8, 4) is 5.75 Å². The first-order valence-electron chi connectivity index (χ1n) is 8.19. The zero-order valence-electron chi connectivity index (χ0n) is 14.9. The highest BCUT2D eigenvalue weighted by Gasteiger charge is 2.30. The number of guanidine groups is 1. The minimum Gasteiger partial charge on any atom is -0.406 e. The zero-order chi connectivity index (χ0) is 19.3. The quantitative estimate of drug-likeness (QED) is 0.605. The Hall–Kier alpha value is -2.71. The SMILES string of the molecule is CCc1nn(C)c(CC)c1CN=C(N)Nc1ccc(OC(F)(F)F)cc1.